The molecule has 1 saturated heterocycles. The van der Waals surface area contributed by atoms with Gasteiger partial charge >= 0.3 is 6.09 Å². The molecule has 44 heavy (non-hydrogen) atoms. The molecule has 10 nitrogen and oxygen atoms in total. The summed E-state index contributed by atoms with van der Waals surface area (Å²) in [6.07, 6.45) is 3.50. The molecule has 3 aromatic heterocycles. The first-order valence-electron chi connectivity index (χ1n) is 14.7. The van der Waals surface area contributed by atoms with Crippen LogP contribution in [0.1, 0.15) is 43.5 Å². The zero-order valence-corrected chi connectivity index (χ0v) is 26.3. The zero-order valence-electron chi connectivity index (χ0n) is 26.3. The summed E-state index contributed by atoms with van der Waals surface area (Å²) in [5.41, 5.74) is 7.87. The molecule has 2 aromatic carbocycles. The van der Waals surface area contributed by atoms with Gasteiger partial charge in [-0.05, 0) is 63.4 Å². The van der Waals surface area contributed by atoms with Gasteiger partial charge in [0.15, 0.2) is 0 Å². The molecule has 0 aliphatic carbocycles. The molecule has 1 aliphatic heterocycles. The van der Waals surface area contributed by atoms with Crippen LogP contribution in [0, 0.1) is 13.8 Å². The lowest BCUT2D eigenvalue weighted by Gasteiger charge is -2.39. The van der Waals surface area contributed by atoms with Crippen molar-refractivity contribution in [2.75, 3.05) is 27.3 Å². The third-order valence-electron chi connectivity index (χ3n) is 8.02. The van der Waals surface area contributed by atoms with Crippen LogP contribution in [0.4, 0.5) is 4.79 Å². The highest BCUT2D eigenvalue weighted by molar-refractivity contribution is 5.93. The first-order valence-corrected chi connectivity index (χ1v) is 14.7. The summed E-state index contributed by atoms with van der Waals surface area (Å²) < 4.78 is 20.6. The average molecular weight is 595 g/mol. The minimum Gasteiger partial charge on any atom is -0.497 e. The maximum absolute atomic E-state index is 12.5. The summed E-state index contributed by atoms with van der Waals surface area (Å²) in [6.45, 7) is 11.4. The van der Waals surface area contributed by atoms with Gasteiger partial charge < -0.3 is 19.1 Å². The van der Waals surface area contributed by atoms with Gasteiger partial charge in [0, 0.05) is 36.5 Å². The molecule has 5 aromatic rings. The number of rotatable bonds is 7. The highest BCUT2D eigenvalue weighted by Gasteiger charge is 2.35. The number of hydrogen-bond acceptors (Lipinski definition) is 7. The van der Waals surface area contributed by atoms with Crippen LogP contribution in [-0.4, -0.2) is 68.4 Å². The molecule has 1 fully saturated rings. The standard InChI is InChI=1S/C34H38N6O4/c1-21-9-8-10-27(22(21)2)31-29(43-7)15-28-32(36-31)30(37-40(28)17-23-11-13-26(42-6)14-12-23)24-16-35-39(18-24)25-19-38(20-25)33(41)44-34(3,4)5/h8-16,18,25H,17,19-20H2,1-7H3. The normalized spacial score (nSPS) is 13.7. The van der Waals surface area contributed by atoms with E-state index in [-0.39, 0.29) is 12.1 Å². The second-order valence-corrected chi connectivity index (χ2v) is 12.3. The number of methoxy groups -OCH3 is 2. The Balaban J connectivity index is 1.39. The number of likely N-dealkylation sites (tertiary alicyclic amines) is 1. The van der Waals surface area contributed by atoms with Gasteiger partial charge in [-0.3, -0.25) is 9.36 Å². The number of nitrogens with zero attached hydrogens (tertiary/aromatic N) is 6. The van der Waals surface area contributed by atoms with Crippen LogP contribution in [0.25, 0.3) is 33.5 Å². The molecular formula is C34H38N6O4. The van der Waals surface area contributed by atoms with Crippen LogP contribution < -0.4 is 9.47 Å². The molecule has 0 saturated carbocycles. The maximum atomic E-state index is 12.5. The van der Waals surface area contributed by atoms with Gasteiger partial charge in [0.1, 0.15) is 34.0 Å². The van der Waals surface area contributed by atoms with Gasteiger partial charge in [-0.25, -0.2) is 9.78 Å². The Morgan fingerprint density at radius 3 is 2.43 bits per heavy atom. The van der Waals surface area contributed by atoms with Crippen LogP contribution >= 0.6 is 0 Å². The fourth-order valence-electron chi connectivity index (χ4n) is 5.41. The van der Waals surface area contributed by atoms with E-state index in [1.54, 1.807) is 19.1 Å². The van der Waals surface area contributed by atoms with E-state index in [9.17, 15) is 4.79 Å². The number of aromatic nitrogens is 5. The van der Waals surface area contributed by atoms with Gasteiger partial charge in [0.2, 0.25) is 0 Å². The molecule has 0 radical (unpaired) electrons. The predicted octanol–water partition coefficient (Wildman–Crippen LogP) is 6.44. The zero-order chi connectivity index (χ0) is 31.2. The number of carbonyl (C=O) groups is 1. The van der Waals surface area contributed by atoms with Crippen molar-refractivity contribution >= 4 is 17.1 Å². The molecule has 6 rings (SSSR count). The molecule has 1 amide bonds. The lowest BCUT2D eigenvalue weighted by atomic mass is 9.99. The van der Waals surface area contributed by atoms with E-state index in [0.29, 0.717) is 25.4 Å². The molecule has 0 bridgehead atoms. The maximum Gasteiger partial charge on any atom is 0.410 e. The SMILES string of the molecule is COc1ccc(Cn2nc(-c3cnn(C4CN(C(=O)OC(C)(C)C)C4)c3)c3nc(-c4cccc(C)c4C)c(OC)cc32)cc1. The van der Waals surface area contributed by atoms with E-state index < -0.39 is 5.60 Å². The van der Waals surface area contributed by atoms with Gasteiger partial charge in [-0.15, -0.1) is 0 Å². The number of hydrogen-bond donors (Lipinski definition) is 0. The topological polar surface area (TPSA) is 96.5 Å². The van der Waals surface area contributed by atoms with E-state index >= 15 is 0 Å². The first kappa shape index (κ1) is 29.2. The van der Waals surface area contributed by atoms with Crippen molar-refractivity contribution in [3.8, 4) is 34.0 Å². The number of aryl methyl sites for hydroxylation is 1. The molecule has 1 aliphatic rings. The van der Waals surface area contributed by atoms with E-state index in [0.717, 1.165) is 50.4 Å². The van der Waals surface area contributed by atoms with Crippen molar-refractivity contribution in [2.24, 2.45) is 0 Å². The first-order chi connectivity index (χ1) is 21.0. The monoisotopic (exact) mass is 594 g/mol. The molecule has 0 N–H and O–H groups in total. The van der Waals surface area contributed by atoms with Crippen molar-refractivity contribution < 1.29 is 19.0 Å². The Bertz CT molecular complexity index is 1830. The van der Waals surface area contributed by atoms with Crippen molar-refractivity contribution in [2.45, 2.75) is 52.8 Å². The average Bonchev–Trinajstić information content (AvgIpc) is 3.57. The van der Waals surface area contributed by atoms with Gasteiger partial charge in [0.05, 0.1) is 38.5 Å². The smallest absolute Gasteiger partial charge is 0.410 e. The molecular weight excluding hydrogens is 556 g/mol. The third kappa shape index (κ3) is 5.59. The molecule has 4 heterocycles. The Kier molecular flexibility index (Phi) is 7.53. The number of fused-ring (bicyclic) bond motifs is 1. The highest BCUT2D eigenvalue weighted by atomic mass is 16.6. The quantitative estimate of drug-likeness (QED) is 0.214. The Labute approximate surface area is 257 Å². The van der Waals surface area contributed by atoms with Crippen molar-refractivity contribution in [3.63, 3.8) is 0 Å². The lowest BCUT2D eigenvalue weighted by molar-refractivity contribution is -0.000384. The second-order valence-electron chi connectivity index (χ2n) is 12.3. The van der Waals surface area contributed by atoms with Gasteiger partial charge in [0.25, 0.3) is 0 Å². The number of ether oxygens (including phenoxy) is 3. The van der Waals surface area contributed by atoms with Crippen LogP contribution in [0.5, 0.6) is 11.5 Å². The fourth-order valence-corrected chi connectivity index (χ4v) is 5.41. The van der Waals surface area contributed by atoms with Crippen LogP contribution in [0.15, 0.2) is 60.9 Å². The second kappa shape index (κ2) is 11.3. The van der Waals surface area contributed by atoms with E-state index in [1.165, 1.54) is 5.56 Å². The number of carbonyl (C=O) groups excluding carboxylic acids is 1. The summed E-state index contributed by atoms with van der Waals surface area (Å²) in [4.78, 5) is 19.4. The molecule has 0 spiro atoms. The predicted molar refractivity (Wildman–Crippen MR) is 169 cm³/mol. The van der Waals surface area contributed by atoms with Gasteiger partial charge in [-0.1, -0.05) is 30.3 Å². The summed E-state index contributed by atoms with van der Waals surface area (Å²) >= 11 is 0. The summed E-state index contributed by atoms with van der Waals surface area (Å²) in [6, 6.07) is 16.3. The van der Waals surface area contributed by atoms with E-state index in [1.807, 2.05) is 78.9 Å². The minimum absolute atomic E-state index is 0.0578. The summed E-state index contributed by atoms with van der Waals surface area (Å²) in [7, 11) is 3.33. The molecule has 0 atom stereocenters. The van der Waals surface area contributed by atoms with E-state index in [4.69, 9.17) is 24.3 Å². The van der Waals surface area contributed by atoms with Crippen molar-refractivity contribution in [1.29, 1.82) is 0 Å². The fraction of sp³-hybridized carbons (Fsp3) is 0.353. The Morgan fingerprint density at radius 1 is 1.00 bits per heavy atom. The Morgan fingerprint density at radius 2 is 1.75 bits per heavy atom. The van der Waals surface area contributed by atoms with Gasteiger partial charge in [-0.2, -0.15) is 10.2 Å². The summed E-state index contributed by atoms with van der Waals surface area (Å²) in [5, 5.41) is 9.74. The van der Waals surface area contributed by atoms with Crippen LogP contribution in [0.2, 0.25) is 0 Å². The molecule has 228 valence electrons. The van der Waals surface area contributed by atoms with Crippen LogP contribution in [0.3, 0.4) is 0 Å². The summed E-state index contributed by atoms with van der Waals surface area (Å²) in [5.74, 6) is 1.48. The van der Waals surface area contributed by atoms with Crippen molar-refractivity contribution in [1.82, 2.24) is 29.4 Å². The number of benzene rings is 2. The molecule has 10 heteroatoms. The lowest BCUT2D eigenvalue weighted by Crippen LogP contribution is -2.52. The third-order valence-corrected chi connectivity index (χ3v) is 8.02. The number of pyridine rings is 1. The number of amides is 1. The largest absolute Gasteiger partial charge is 0.497 e. The Hall–Kier alpha value is -4.86. The van der Waals surface area contributed by atoms with Crippen LogP contribution in [-0.2, 0) is 11.3 Å². The highest BCUT2D eigenvalue weighted by Crippen LogP contribution is 2.38. The van der Waals surface area contributed by atoms with E-state index in [2.05, 4.69) is 31.1 Å². The molecule has 0 unspecified atom stereocenters. The van der Waals surface area contributed by atoms with Crippen molar-refractivity contribution in [3.05, 3.63) is 77.6 Å². The minimum atomic E-state index is -0.530.